The van der Waals surface area contributed by atoms with Crippen LogP contribution < -0.4 is 0 Å². The first-order valence-electron chi connectivity index (χ1n) is 6.11. The van der Waals surface area contributed by atoms with Crippen LogP contribution in [0.5, 0.6) is 0 Å². The Bertz CT molecular complexity index is 298. The molecule has 0 amide bonds. The second-order valence-corrected chi connectivity index (χ2v) is 5.37. The summed E-state index contributed by atoms with van der Waals surface area (Å²) in [6.07, 6.45) is 5.06. The highest BCUT2D eigenvalue weighted by molar-refractivity contribution is 5.13. The van der Waals surface area contributed by atoms with Crippen molar-refractivity contribution in [3.63, 3.8) is 0 Å². The summed E-state index contributed by atoms with van der Waals surface area (Å²) in [6, 6.07) is 0. The van der Waals surface area contributed by atoms with E-state index in [1.54, 1.807) is 6.08 Å². The van der Waals surface area contributed by atoms with Gasteiger partial charge in [-0.1, -0.05) is 32.1 Å². The molecule has 16 heavy (non-hydrogen) atoms. The standard InChI is InChI=1S/C14H22O2/c1-5-13-15-8-14(9-16-13)11(3)6-10(2)7-12(14)4/h5-6,11-13H,1,7-9H2,2-4H3/t11-,12+,13?,14?/m0/s1. The quantitative estimate of drug-likeness (QED) is 0.634. The van der Waals surface area contributed by atoms with E-state index in [0.29, 0.717) is 11.8 Å². The average molecular weight is 222 g/mol. The predicted molar refractivity (Wildman–Crippen MR) is 65.0 cm³/mol. The smallest absolute Gasteiger partial charge is 0.176 e. The van der Waals surface area contributed by atoms with Gasteiger partial charge in [0.25, 0.3) is 0 Å². The minimum Gasteiger partial charge on any atom is -0.348 e. The number of hydrogen-bond acceptors (Lipinski definition) is 2. The maximum absolute atomic E-state index is 5.73. The topological polar surface area (TPSA) is 18.5 Å². The van der Waals surface area contributed by atoms with Crippen molar-refractivity contribution in [2.45, 2.75) is 33.5 Å². The van der Waals surface area contributed by atoms with Crippen molar-refractivity contribution >= 4 is 0 Å². The fourth-order valence-electron chi connectivity index (χ4n) is 3.04. The number of hydrogen-bond donors (Lipinski definition) is 0. The first-order valence-corrected chi connectivity index (χ1v) is 6.11. The summed E-state index contributed by atoms with van der Waals surface area (Å²) >= 11 is 0. The van der Waals surface area contributed by atoms with Gasteiger partial charge in [0, 0.05) is 5.41 Å². The summed E-state index contributed by atoms with van der Waals surface area (Å²) in [4.78, 5) is 0. The summed E-state index contributed by atoms with van der Waals surface area (Å²) in [5.41, 5.74) is 1.66. The van der Waals surface area contributed by atoms with Gasteiger partial charge in [-0.15, -0.1) is 0 Å². The lowest BCUT2D eigenvalue weighted by molar-refractivity contribution is -0.229. The molecule has 0 aromatic rings. The largest absolute Gasteiger partial charge is 0.348 e. The highest BCUT2D eigenvalue weighted by Gasteiger charge is 2.46. The maximum atomic E-state index is 5.73. The molecule has 2 heteroatoms. The third-order valence-corrected chi connectivity index (χ3v) is 4.28. The number of ether oxygens (including phenoxy) is 2. The van der Waals surface area contributed by atoms with Gasteiger partial charge in [0.1, 0.15) is 0 Å². The SMILES string of the molecule is C=CC1OCC2(CO1)[C@H](C)CC(C)=C[C@@H]2C. The molecule has 0 bridgehead atoms. The third kappa shape index (κ3) is 1.85. The van der Waals surface area contributed by atoms with Crippen LogP contribution in [0.4, 0.5) is 0 Å². The van der Waals surface area contributed by atoms with E-state index in [1.807, 2.05) is 0 Å². The third-order valence-electron chi connectivity index (χ3n) is 4.28. The molecule has 90 valence electrons. The maximum Gasteiger partial charge on any atom is 0.176 e. The molecule has 1 saturated heterocycles. The Morgan fingerprint density at radius 2 is 2.00 bits per heavy atom. The van der Waals surface area contributed by atoms with Gasteiger partial charge in [0.15, 0.2) is 6.29 Å². The highest BCUT2D eigenvalue weighted by atomic mass is 16.7. The van der Waals surface area contributed by atoms with Crippen molar-refractivity contribution in [2.24, 2.45) is 17.3 Å². The Labute approximate surface area is 98.3 Å². The summed E-state index contributed by atoms with van der Waals surface area (Å²) in [7, 11) is 0. The fourth-order valence-corrected chi connectivity index (χ4v) is 3.04. The molecule has 0 radical (unpaired) electrons. The molecule has 0 unspecified atom stereocenters. The van der Waals surface area contributed by atoms with Crippen LogP contribution in [-0.4, -0.2) is 19.5 Å². The van der Waals surface area contributed by atoms with Crippen LogP contribution in [0.25, 0.3) is 0 Å². The highest BCUT2D eigenvalue weighted by Crippen LogP contribution is 2.46. The van der Waals surface area contributed by atoms with Crippen LogP contribution in [0.15, 0.2) is 24.3 Å². The Kier molecular flexibility index (Phi) is 3.22. The van der Waals surface area contributed by atoms with Crippen molar-refractivity contribution in [1.29, 1.82) is 0 Å². The van der Waals surface area contributed by atoms with E-state index in [1.165, 1.54) is 5.57 Å². The van der Waals surface area contributed by atoms with Crippen molar-refractivity contribution in [3.8, 4) is 0 Å². The molecule has 0 N–H and O–H groups in total. The molecular weight excluding hydrogens is 200 g/mol. The molecule has 1 aliphatic heterocycles. The molecule has 2 nitrogen and oxygen atoms in total. The molecule has 2 aliphatic rings. The molecule has 1 aliphatic carbocycles. The average Bonchev–Trinajstić information content (AvgIpc) is 2.27. The van der Waals surface area contributed by atoms with Gasteiger partial charge in [0.05, 0.1) is 13.2 Å². The molecule has 2 atom stereocenters. The van der Waals surface area contributed by atoms with Gasteiger partial charge in [-0.3, -0.25) is 0 Å². The molecule has 1 spiro atoms. The van der Waals surface area contributed by atoms with E-state index in [-0.39, 0.29) is 11.7 Å². The van der Waals surface area contributed by atoms with Gasteiger partial charge < -0.3 is 9.47 Å². The lowest BCUT2D eigenvalue weighted by Gasteiger charge is -2.49. The van der Waals surface area contributed by atoms with E-state index in [2.05, 4.69) is 33.4 Å². The van der Waals surface area contributed by atoms with Crippen LogP contribution in [0.1, 0.15) is 27.2 Å². The zero-order chi connectivity index (χ0) is 11.8. The van der Waals surface area contributed by atoms with Crippen molar-refractivity contribution < 1.29 is 9.47 Å². The Morgan fingerprint density at radius 3 is 2.50 bits per heavy atom. The van der Waals surface area contributed by atoms with Crippen LogP contribution >= 0.6 is 0 Å². The minimum absolute atomic E-state index is 0.166. The van der Waals surface area contributed by atoms with Crippen LogP contribution in [0.2, 0.25) is 0 Å². The molecule has 1 fully saturated rings. The Balaban J connectivity index is 2.16. The van der Waals surface area contributed by atoms with E-state index in [9.17, 15) is 0 Å². The molecule has 0 aromatic heterocycles. The summed E-state index contributed by atoms with van der Waals surface area (Å²) in [5.74, 6) is 1.15. The molecule has 0 saturated carbocycles. The Hall–Kier alpha value is -0.600. The predicted octanol–water partition coefficient (Wildman–Crippen LogP) is 3.15. The summed E-state index contributed by atoms with van der Waals surface area (Å²) in [5, 5.41) is 0. The molecule has 0 aromatic carbocycles. The van der Waals surface area contributed by atoms with E-state index < -0.39 is 0 Å². The van der Waals surface area contributed by atoms with Crippen molar-refractivity contribution in [1.82, 2.24) is 0 Å². The van der Waals surface area contributed by atoms with Gasteiger partial charge in [-0.2, -0.15) is 0 Å². The first kappa shape index (κ1) is 11.9. The van der Waals surface area contributed by atoms with Gasteiger partial charge in [0.2, 0.25) is 0 Å². The van der Waals surface area contributed by atoms with Crippen LogP contribution in [0.3, 0.4) is 0 Å². The fraction of sp³-hybridized carbons (Fsp3) is 0.714. The number of rotatable bonds is 1. The van der Waals surface area contributed by atoms with Crippen molar-refractivity contribution in [3.05, 3.63) is 24.3 Å². The lowest BCUT2D eigenvalue weighted by Crippen LogP contribution is -2.50. The zero-order valence-corrected chi connectivity index (χ0v) is 10.5. The van der Waals surface area contributed by atoms with Gasteiger partial charge >= 0.3 is 0 Å². The first-order chi connectivity index (χ1) is 7.58. The van der Waals surface area contributed by atoms with Crippen LogP contribution in [-0.2, 0) is 9.47 Å². The van der Waals surface area contributed by atoms with Crippen molar-refractivity contribution in [2.75, 3.05) is 13.2 Å². The minimum atomic E-state index is -0.211. The van der Waals surface area contributed by atoms with E-state index >= 15 is 0 Å². The second-order valence-electron chi connectivity index (χ2n) is 5.37. The second kappa shape index (κ2) is 4.34. The molecule has 1 heterocycles. The van der Waals surface area contributed by atoms with Crippen LogP contribution in [0, 0.1) is 17.3 Å². The number of allylic oxidation sites excluding steroid dienone is 2. The Morgan fingerprint density at radius 1 is 1.38 bits per heavy atom. The summed E-state index contributed by atoms with van der Waals surface area (Å²) in [6.45, 7) is 12.1. The van der Waals surface area contributed by atoms with E-state index in [4.69, 9.17) is 9.47 Å². The normalized spacial score (nSPS) is 44.2. The van der Waals surface area contributed by atoms with E-state index in [0.717, 1.165) is 19.6 Å². The summed E-state index contributed by atoms with van der Waals surface area (Å²) < 4.78 is 11.5. The van der Waals surface area contributed by atoms with Gasteiger partial charge in [-0.25, -0.2) is 0 Å². The van der Waals surface area contributed by atoms with Gasteiger partial charge in [-0.05, 0) is 31.3 Å². The monoisotopic (exact) mass is 222 g/mol. The zero-order valence-electron chi connectivity index (χ0n) is 10.5. The lowest BCUT2D eigenvalue weighted by atomic mass is 9.63. The molecular formula is C14H22O2. The molecule has 2 rings (SSSR count).